The Hall–Kier alpha value is -4.77. The molecule has 2 aromatic heterocycles. The molecular weight excluding hydrogens is 506 g/mol. The smallest absolute Gasteiger partial charge is 0.215 e. The molecule has 0 spiro atoms. The van der Waals surface area contributed by atoms with Crippen molar-refractivity contribution in [2.24, 2.45) is 4.99 Å². The van der Waals surface area contributed by atoms with Crippen LogP contribution in [0.1, 0.15) is 11.7 Å². The minimum Gasteiger partial charge on any atom is -0.287 e. The van der Waals surface area contributed by atoms with Crippen LogP contribution in [0, 0.1) is 0 Å². The van der Waals surface area contributed by atoms with Gasteiger partial charge in [0.15, 0.2) is 5.69 Å². The number of aromatic nitrogens is 1. The van der Waals surface area contributed by atoms with E-state index in [4.69, 9.17) is 4.99 Å². The highest BCUT2D eigenvalue weighted by molar-refractivity contribution is 7.25. The molecule has 40 heavy (non-hydrogen) atoms. The van der Waals surface area contributed by atoms with Gasteiger partial charge in [0.05, 0.1) is 11.0 Å². The number of hydrogen-bond acceptors (Lipinski definition) is 2. The van der Waals surface area contributed by atoms with E-state index in [-0.39, 0.29) is 6.17 Å². The molecule has 1 atom stereocenters. The molecule has 186 valence electrons. The number of aliphatic imine (C=N–C) groups is 1. The maximum atomic E-state index is 5.29. The highest BCUT2D eigenvalue weighted by Gasteiger charge is 2.39. The Morgan fingerprint density at radius 1 is 0.600 bits per heavy atom. The second-order valence-electron chi connectivity index (χ2n) is 10.9. The van der Waals surface area contributed by atoms with Gasteiger partial charge < -0.3 is 0 Å². The molecule has 6 aromatic carbocycles. The molecule has 0 amide bonds. The highest BCUT2D eigenvalue weighted by Crippen LogP contribution is 2.46. The average molecular weight is 529 g/mol. The number of hydrogen-bond donors (Lipinski definition) is 1. The molecule has 0 saturated carbocycles. The molecule has 1 unspecified atom stereocenters. The van der Waals surface area contributed by atoms with Crippen LogP contribution >= 0.6 is 11.3 Å². The molecular formula is C36H22N3S+. The first-order valence-electron chi connectivity index (χ1n) is 13.8. The van der Waals surface area contributed by atoms with Crippen LogP contribution < -0.4 is 5.32 Å². The van der Waals surface area contributed by atoms with Crippen LogP contribution in [-0.4, -0.2) is 10.3 Å². The summed E-state index contributed by atoms with van der Waals surface area (Å²) in [6.07, 6.45) is 0.0780. The van der Waals surface area contributed by atoms with Gasteiger partial charge in [0, 0.05) is 48.0 Å². The van der Waals surface area contributed by atoms with Gasteiger partial charge in [-0.15, -0.1) is 11.3 Å². The van der Waals surface area contributed by atoms with Crippen LogP contribution in [0.5, 0.6) is 0 Å². The van der Waals surface area contributed by atoms with E-state index in [2.05, 4.69) is 125 Å². The van der Waals surface area contributed by atoms with Gasteiger partial charge in [0.2, 0.25) is 6.17 Å². The summed E-state index contributed by atoms with van der Waals surface area (Å²) in [5, 5.41) is 10.2. The van der Waals surface area contributed by atoms with Crippen LogP contribution in [0.4, 0.5) is 11.4 Å². The Morgan fingerprint density at radius 3 is 2.38 bits per heavy atom. The van der Waals surface area contributed by atoms with Crippen molar-refractivity contribution in [1.29, 1.82) is 0 Å². The minimum atomic E-state index is 0.0780. The van der Waals surface area contributed by atoms with Gasteiger partial charge in [-0.05, 0) is 52.9 Å². The second-order valence-corrected chi connectivity index (χ2v) is 12.0. The van der Waals surface area contributed by atoms with E-state index in [1.165, 1.54) is 75.1 Å². The number of benzene rings is 6. The topological polar surface area (TPSA) is 33.9 Å². The number of nitrogens with zero attached hydrogens (tertiary/aromatic N) is 2. The normalized spacial score (nSPS) is 15.8. The monoisotopic (exact) mass is 528 g/mol. The standard InChI is InChI=1S/C36H21N3S/c1-2-8-23-20(7-1)13-15-25-27-18-22(21-14-16-32-26(17-21)24-9-3-6-12-31(24)40-32)19-28-33-36(39(34(23)25)35(27)28)38-30-11-5-4-10-29(30)37-33/h1-19,36,38H/p+1. The van der Waals surface area contributed by atoms with Gasteiger partial charge in [-0.1, -0.05) is 72.8 Å². The number of nitrogens with two attached hydrogens (primary N) is 1. The summed E-state index contributed by atoms with van der Waals surface area (Å²) in [5.74, 6) is 0. The number of rotatable bonds is 1. The summed E-state index contributed by atoms with van der Waals surface area (Å²) in [4.78, 5) is 5.29. The Labute approximate surface area is 233 Å². The third kappa shape index (κ3) is 2.65. The van der Waals surface area contributed by atoms with Crippen molar-refractivity contribution in [1.82, 2.24) is 4.57 Å². The van der Waals surface area contributed by atoms with Crippen LogP contribution in [0.25, 0.3) is 63.9 Å². The molecule has 0 radical (unpaired) electrons. The van der Waals surface area contributed by atoms with Gasteiger partial charge in [-0.2, -0.15) is 0 Å². The lowest BCUT2D eigenvalue weighted by atomic mass is 9.95. The van der Waals surface area contributed by atoms with E-state index in [1.54, 1.807) is 0 Å². The van der Waals surface area contributed by atoms with Crippen molar-refractivity contribution < 1.29 is 5.32 Å². The quantitative estimate of drug-likeness (QED) is 0.207. The van der Waals surface area contributed by atoms with Gasteiger partial charge in [0.1, 0.15) is 11.4 Å². The largest absolute Gasteiger partial charge is 0.287 e. The molecule has 0 fully saturated rings. The fourth-order valence-electron chi connectivity index (χ4n) is 7.08. The zero-order chi connectivity index (χ0) is 25.9. The van der Waals surface area contributed by atoms with Crippen molar-refractivity contribution in [2.45, 2.75) is 6.17 Å². The molecule has 4 heterocycles. The third-order valence-electron chi connectivity index (χ3n) is 8.84. The van der Waals surface area contributed by atoms with E-state index in [0.29, 0.717) is 0 Å². The Balaban J connectivity index is 1.32. The molecule has 3 nitrogen and oxygen atoms in total. The first-order valence-corrected chi connectivity index (χ1v) is 14.6. The second kappa shape index (κ2) is 7.45. The average Bonchev–Trinajstić information content (AvgIpc) is 3.65. The molecule has 2 aliphatic heterocycles. The molecule has 2 aliphatic rings. The molecule has 4 heteroatoms. The van der Waals surface area contributed by atoms with E-state index in [0.717, 1.165) is 11.4 Å². The maximum absolute atomic E-state index is 5.29. The van der Waals surface area contributed by atoms with Gasteiger partial charge in [-0.3, -0.25) is 9.88 Å². The number of thiophene rings is 1. The number of quaternary nitrogens is 1. The van der Waals surface area contributed by atoms with E-state index >= 15 is 0 Å². The lowest BCUT2D eigenvalue weighted by Gasteiger charge is -2.20. The SMILES string of the molecule is c1ccc2c(c1)N=C1c3cc(-c4ccc5sc6ccccc6c5c4)cc4c5ccc6ccccc6c5n(c34)C1[NH2+]2. The first-order chi connectivity index (χ1) is 19.8. The van der Waals surface area contributed by atoms with Gasteiger partial charge in [-0.25, -0.2) is 4.99 Å². The zero-order valence-electron chi connectivity index (χ0n) is 21.4. The Bertz CT molecular complexity index is 2420. The molecule has 0 bridgehead atoms. The lowest BCUT2D eigenvalue weighted by Crippen LogP contribution is -2.82. The molecule has 0 aliphatic carbocycles. The molecule has 8 aromatic rings. The summed E-state index contributed by atoms with van der Waals surface area (Å²) in [7, 11) is 0. The van der Waals surface area contributed by atoms with Crippen molar-refractivity contribution in [3.63, 3.8) is 0 Å². The van der Waals surface area contributed by atoms with E-state index in [1.807, 2.05) is 11.3 Å². The van der Waals surface area contributed by atoms with Crippen molar-refractivity contribution in [3.8, 4) is 11.1 Å². The zero-order valence-corrected chi connectivity index (χ0v) is 22.2. The van der Waals surface area contributed by atoms with Crippen molar-refractivity contribution in [3.05, 3.63) is 121 Å². The van der Waals surface area contributed by atoms with Crippen LogP contribution in [0.2, 0.25) is 0 Å². The number of para-hydroxylation sites is 2. The van der Waals surface area contributed by atoms with Crippen molar-refractivity contribution >= 4 is 81.2 Å². The Morgan fingerprint density at radius 2 is 1.40 bits per heavy atom. The highest BCUT2D eigenvalue weighted by atomic mass is 32.1. The fourth-order valence-corrected chi connectivity index (χ4v) is 8.17. The minimum absolute atomic E-state index is 0.0780. The summed E-state index contributed by atoms with van der Waals surface area (Å²) in [6.45, 7) is 0. The van der Waals surface area contributed by atoms with Crippen LogP contribution in [0.3, 0.4) is 0 Å². The summed E-state index contributed by atoms with van der Waals surface area (Å²) in [5.41, 5.74) is 9.75. The third-order valence-corrected chi connectivity index (χ3v) is 9.99. The predicted molar refractivity (Wildman–Crippen MR) is 169 cm³/mol. The van der Waals surface area contributed by atoms with Crippen LogP contribution in [0.15, 0.2) is 120 Å². The summed E-state index contributed by atoms with van der Waals surface area (Å²) >= 11 is 1.87. The number of fused-ring (bicyclic) bond motifs is 12. The Kier molecular flexibility index (Phi) is 3.93. The van der Waals surface area contributed by atoms with Crippen LogP contribution in [-0.2, 0) is 0 Å². The molecule has 10 rings (SSSR count). The molecule has 2 N–H and O–H groups in total. The van der Waals surface area contributed by atoms with E-state index < -0.39 is 0 Å². The summed E-state index contributed by atoms with van der Waals surface area (Å²) < 4.78 is 5.23. The fraction of sp³-hybridized carbons (Fsp3) is 0.0278. The first kappa shape index (κ1) is 21.1. The maximum Gasteiger partial charge on any atom is 0.215 e. The molecule has 0 saturated heterocycles. The lowest BCUT2D eigenvalue weighted by molar-refractivity contribution is -0.614. The summed E-state index contributed by atoms with van der Waals surface area (Å²) in [6, 6.07) is 42.4. The van der Waals surface area contributed by atoms with Gasteiger partial charge >= 0.3 is 0 Å². The predicted octanol–water partition coefficient (Wildman–Crippen LogP) is 8.82. The van der Waals surface area contributed by atoms with Gasteiger partial charge in [0.25, 0.3) is 0 Å². The van der Waals surface area contributed by atoms with Crippen molar-refractivity contribution in [2.75, 3.05) is 0 Å². The van der Waals surface area contributed by atoms with E-state index in [9.17, 15) is 0 Å².